The highest BCUT2D eigenvalue weighted by atomic mass is 16.5. The molecule has 2 heterocycles. The van der Waals surface area contributed by atoms with E-state index in [0.29, 0.717) is 5.92 Å². The minimum Gasteiger partial charge on any atom is -0.381 e. The first-order valence-corrected chi connectivity index (χ1v) is 7.23. The van der Waals surface area contributed by atoms with Gasteiger partial charge in [-0.25, -0.2) is 0 Å². The Morgan fingerprint density at radius 2 is 2.33 bits per heavy atom. The first-order valence-electron chi connectivity index (χ1n) is 7.23. The largest absolute Gasteiger partial charge is 0.381 e. The third kappa shape index (κ3) is 3.65. The molecule has 106 valence electrons. The molecule has 0 bridgehead atoms. The van der Waals surface area contributed by atoms with Crippen LogP contribution in [0.1, 0.15) is 26.2 Å². The molecule has 0 amide bonds. The molecule has 3 atom stereocenters. The summed E-state index contributed by atoms with van der Waals surface area (Å²) in [4.78, 5) is 2.47. The van der Waals surface area contributed by atoms with Crippen LogP contribution in [0.3, 0.4) is 0 Å². The monoisotopic (exact) mass is 257 g/mol. The molecule has 2 saturated heterocycles. The smallest absolute Gasteiger partial charge is 0.0872 e. The van der Waals surface area contributed by atoms with Crippen molar-refractivity contribution in [2.45, 2.75) is 38.3 Å². The summed E-state index contributed by atoms with van der Waals surface area (Å²) in [5, 5.41) is 0. The van der Waals surface area contributed by atoms with E-state index >= 15 is 0 Å². The molecule has 0 aromatic rings. The maximum Gasteiger partial charge on any atom is 0.0872 e. The lowest BCUT2D eigenvalue weighted by atomic mass is 9.89. The van der Waals surface area contributed by atoms with Crippen molar-refractivity contribution in [3.63, 3.8) is 0 Å². The van der Waals surface area contributed by atoms with Crippen LogP contribution in [0.25, 0.3) is 0 Å². The third-order valence-electron chi connectivity index (χ3n) is 4.01. The SMILES string of the molecule is CCCN1CCOC(C(NN)C2CCCOC2)C1. The van der Waals surface area contributed by atoms with Crippen molar-refractivity contribution in [3.05, 3.63) is 0 Å². The quantitative estimate of drug-likeness (QED) is 0.550. The van der Waals surface area contributed by atoms with Crippen LogP contribution in [-0.4, -0.2) is 56.5 Å². The summed E-state index contributed by atoms with van der Waals surface area (Å²) >= 11 is 0. The zero-order valence-electron chi connectivity index (χ0n) is 11.4. The summed E-state index contributed by atoms with van der Waals surface area (Å²) in [6.07, 6.45) is 3.71. The minimum absolute atomic E-state index is 0.196. The van der Waals surface area contributed by atoms with Gasteiger partial charge in [-0.05, 0) is 25.8 Å². The number of nitrogens with one attached hydrogen (secondary N) is 1. The van der Waals surface area contributed by atoms with Gasteiger partial charge in [0.1, 0.15) is 0 Å². The van der Waals surface area contributed by atoms with E-state index in [0.717, 1.165) is 45.9 Å². The molecule has 0 radical (unpaired) electrons. The first kappa shape index (κ1) is 14.2. The lowest BCUT2D eigenvalue weighted by Crippen LogP contribution is -2.58. The standard InChI is InChI=1S/C13H27N3O2/c1-2-5-16-6-8-18-12(9-16)13(15-14)11-4-3-7-17-10-11/h11-13,15H,2-10,14H2,1H3. The van der Waals surface area contributed by atoms with Crippen LogP contribution in [0.4, 0.5) is 0 Å². The molecule has 5 heteroatoms. The van der Waals surface area contributed by atoms with Gasteiger partial charge in [0.25, 0.3) is 0 Å². The number of morpholine rings is 1. The fraction of sp³-hybridized carbons (Fsp3) is 1.00. The molecule has 2 fully saturated rings. The second-order valence-corrected chi connectivity index (χ2v) is 5.38. The van der Waals surface area contributed by atoms with Crippen LogP contribution < -0.4 is 11.3 Å². The van der Waals surface area contributed by atoms with Crippen molar-refractivity contribution in [3.8, 4) is 0 Å². The average molecular weight is 257 g/mol. The summed E-state index contributed by atoms with van der Waals surface area (Å²) < 4.78 is 11.5. The van der Waals surface area contributed by atoms with E-state index in [2.05, 4.69) is 17.2 Å². The van der Waals surface area contributed by atoms with Gasteiger partial charge in [-0.2, -0.15) is 0 Å². The van der Waals surface area contributed by atoms with Gasteiger partial charge in [-0.3, -0.25) is 16.2 Å². The third-order valence-corrected chi connectivity index (χ3v) is 4.01. The number of nitrogens with zero attached hydrogens (tertiary/aromatic N) is 1. The van der Waals surface area contributed by atoms with Crippen molar-refractivity contribution in [2.75, 3.05) is 39.5 Å². The maximum absolute atomic E-state index is 5.92. The van der Waals surface area contributed by atoms with Crippen LogP contribution in [0, 0.1) is 5.92 Å². The van der Waals surface area contributed by atoms with E-state index in [1.807, 2.05) is 0 Å². The van der Waals surface area contributed by atoms with E-state index in [9.17, 15) is 0 Å². The number of hydrogen-bond donors (Lipinski definition) is 2. The van der Waals surface area contributed by atoms with Gasteiger partial charge in [0.15, 0.2) is 0 Å². The molecule has 5 nitrogen and oxygen atoms in total. The predicted octanol–water partition coefficient (Wildman–Crippen LogP) is 0.356. The normalized spacial score (nSPS) is 32.3. The zero-order chi connectivity index (χ0) is 12.8. The van der Waals surface area contributed by atoms with Crippen molar-refractivity contribution in [1.82, 2.24) is 10.3 Å². The highest BCUT2D eigenvalue weighted by molar-refractivity contribution is 4.87. The van der Waals surface area contributed by atoms with Crippen LogP contribution in [0.2, 0.25) is 0 Å². The number of ether oxygens (including phenoxy) is 2. The number of rotatable bonds is 5. The predicted molar refractivity (Wildman–Crippen MR) is 71.1 cm³/mol. The van der Waals surface area contributed by atoms with Gasteiger partial charge in [-0.15, -0.1) is 0 Å². The summed E-state index contributed by atoms with van der Waals surface area (Å²) in [7, 11) is 0. The van der Waals surface area contributed by atoms with Crippen molar-refractivity contribution in [2.24, 2.45) is 11.8 Å². The molecule has 2 aliphatic heterocycles. The van der Waals surface area contributed by atoms with E-state index < -0.39 is 0 Å². The van der Waals surface area contributed by atoms with Crippen molar-refractivity contribution in [1.29, 1.82) is 0 Å². The van der Waals surface area contributed by atoms with Crippen LogP contribution in [0.15, 0.2) is 0 Å². The minimum atomic E-state index is 0.196. The lowest BCUT2D eigenvalue weighted by molar-refractivity contribution is -0.0720. The highest BCUT2D eigenvalue weighted by Gasteiger charge is 2.33. The molecular weight excluding hydrogens is 230 g/mol. The van der Waals surface area contributed by atoms with Gasteiger partial charge < -0.3 is 9.47 Å². The fourth-order valence-corrected chi connectivity index (χ4v) is 3.06. The molecular formula is C13H27N3O2. The lowest BCUT2D eigenvalue weighted by Gasteiger charge is -2.40. The van der Waals surface area contributed by atoms with Gasteiger partial charge in [0, 0.05) is 25.6 Å². The first-order chi connectivity index (χ1) is 8.85. The Hall–Kier alpha value is -0.200. The highest BCUT2D eigenvalue weighted by Crippen LogP contribution is 2.22. The van der Waals surface area contributed by atoms with Gasteiger partial charge in [0.05, 0.1) is 25.4 Å². The number of hydrogen-bond acceptors (Lipinski definition) is 5. The molecule has 3 N–H and O–H groups in total. The zero-order valence-corrected chi connectivity index (χ0v) is 11.4. The Morgan fingerprint density at radius 3 is 3.00 bits per heavy atom. The van der Waals surface area contributed by atoms with E-state index in [4.69, 9.17) is 15.3 Å². The van der Waals surface area contributed by atoms with Crippen LogP contribution >= 0.6 is 0 Å². The topological polar surface area (TPSA) is 59.8 Å². The van der Waals surface area contributed by atoms with Gasteiger partial charge in [-0.1, -0.05) is 6.92 Å². The molecule has 0 aromatic heterocycles. The van der Waals surface area contributed by atoms with Crippen molar-refractivity contribution < 1.29 is 9.47 Å². The second-order valence-electron chi connectivity index (χ2n) is 5.38. The molecule has 0 aromatic carbocycles. The Bertz CT molecular complexity index is 232. The molecule has 2 aliphatic rings. The summed E-state index contributed by atoms with van der Waals surface area (Å²) in [5.41, 5.74) is 2.97. The average Bonchev–Trinajstić information content (AvgIpc) is 2.42. The summed E-state index contributed by atoms with van der Waals surface area (Å²) in [6.45, 7) is 7.92. The molecule has 0 saturated carbocycles. The molecule has 0 aliphatic carbocycles. The van der Waals surface area contributed by atoms with E-state index in [1.54, 1.807) is 0 Å². The molecule has 3 unspecified atom stereocenters. The van der Waals surface area contributed by atoms with Gasteiger partial charge in [0.2, 0.25) is 0 Å². The maximum atomic E-state index is 5.92. The second kappa shape index (κ2) is 7.40. The van der Waals surface area contributed by atoms with Crippen LogP contribution in [0.5, 0.6) is 0 Å². The van der Waals surface area contributed by atoms with E-state index in [-0.39, 0.29) is 12.1 Å². The van der Waals surface area contributed by atoms with E-state index in [1.165, 1.54) is 12.8 Å². The number of hydrazine groups is 1. The molecule has 18 heavy (non-hydrogen) atoms. The molecule has 0 spiro atoms. The fourth-order valence-electron chi connectivity index (χ4n) is 3.06. The van der Waals surface area contributed by atoms with Gasteiger partial charge >= 0.3 is 0 Å². The summed E-state index contributed by atoms with van der Waals surface area (Å²) in [6, 6.07) is 0.213. The molecule has 2 rings (SSSR count). The Morgan fingerprint density at radius 1 is 1.44 bits per heavy atom. The van der Waals surface area contributed by atoms with Crippen LogP contribution in [-0.2, 0) is 9.47 Å². The Kier molecular flexibility index (Phi) is 5.85. The number of nitrogens with two attached hydrogens (primary N) is 1. The Labute approximate surface area is 110 Å². The Balaban J connectivity index is 1.89. The van der Waals surface area contributed by atoms with Crippen molar-refractivity contribution >= 4 is 0 Å². The summed E-state index contributed by atoms with van der Waals surface area (Å²) in [5.74, 6) is 6.23.